The molecule has 2 aromatic heterocycles. The zero-order valence-electron chi connectivity index (χ0n) is 21.4. The lowest BCUT2D eigenvalue weighted by atomic mass is 9.98. The van der Waals surface area contributed by atoms with Crippen molar-refractivity contribution in [2.24, 2.45) is 0 Å². The molecule has 0 spiro atoms. The lowest BCUT2D eigenvalue weighted by molar-refractivity contribution is 0.0605. The van der Waals surface area contributed by atoms with Gasteiger partial charge >= 0.3 is 5.97 Å². The number of methoxy groups -OCH3 is 2. The third-order valence-electron chi connectivity index (χ3n) is 6.40. The van der Waals surface area contributed by atoms with Gasteiger partial charge in [0.25, 0.3) is 5.91 Å². The number of carbonyl (C=O) groups excluding carboxylic acids is 2. The first-order valence-corrected chi connectivity index (χ1v) is 13.0. The number of nitrogens with zero attached hydrogens (tertiary/aromatic N) is 2. The number of rotatable bonds is 8. The van der Waals surface area contributed by atoms with E-state index in [2.05, 4.69) is 11.9 Å². The molecule has 0 saturated heterocycles. The molecule has 0 fully saturated rings. The molecule has 1 atom stereocenters. The highest BCUT2D eigenvalue weighted by Gasteiger charge is 2.45. The molecule has 9 nitrogen and oxygen atoms in total. The second kappa shape index (κ2) is 10.3. The molecule has 0 radical (unpaired) electrons. The normalized spacial score (nSPS) is 14.6. The highest BCUT2D eigenvalue weighted by Crippen LogP contribution is 2.44. The smallest absolute Gasteiger partial charge is 0.350 e. The van der Waals surface area contributed by atoms with Crippen molar-refractivity contribution in [1.29, 1.82) is 0 Å². The molecule has 38 heavy (non-hydrogen) atoms. The van der Waals surface area contributed by atoms with Crippen molar-refractivity contribution in [2.75, 3.05) is 25.7 Å². The molecule has 1 amide bonds. The largest absolute Gasteiger partial charge is 0.493 e. The third kappa shape index (κ3) is 4.20. The maximum Gasteiger partial charge on any atom is 0.350 e. The topological polar surface area (TPSA) is 108 Å². The Hall–Kier alpha value is -4.18. The van der Waals surface area contributed by atoms with Gasteiger partial charge in [-0.2, -0.15) is 0 Å². The number of para-hydroxylation sites is 1. The van der Waals surface area contributed by atoms with Gasteiger partial charge in [0.2, 0.25) is 5.76 Å². The number of hydrogen-bond donors (Lipinski definition) is 0. The van der Waals surface area contributed by atoms with E-state index >= 15 is 0 Å². The van der Waals surface area contributed by atoms with Crippen molar-refractivity contribution < 1.29 is 28.2 Å². The van der Waals surface area contributed by atoms with Crippen LogP contribution in [-0.4, -0.2) is 37.7 Å². The summed E-state index contributed by atoms with van der Waals surface area (Å²) >= 11 is 1.02. The lowest BCUT2D eigenvalue weighted by Gasteiger charge is -2.23. The molecule has 3 heterocycles. The Morgan fingerprint density at radius 1 is 1.13 bits per heavy atom. The zero-order valence-corrected chi connectivity index (χ0v) is 22.2. The number of aryl methyl sites for hydroxylation is 1. The van der Waals surface area contributed by atoms with E-state index in [1.165, 1.54) is 19.1 Å². The van der Waals surface area contributed by atoms with Crippen LogP contribution in [0.4, 0.5) is 5.13 Å². The van der Waals surface area contributed by atoms with Crippen LogP contribution in [0.25, 0.3) is 11.0 Å². The van der Waals surface area contributed by atoms with Crippen LogP contribution in [0.2, 0.25) is 0 Å². The Kier molecular flexibility index (Phi) is 6.90. The molecule has 0 bridgehead atoms. The summed E-state index contributed by atoms with van der Waals surface area (Å²) in [5.41, 5.74) is 1.22. The van der Waals surface area contributed by atoms with Gasteiger partial charge in [-0.15, -0.1) is 0 Å². The summed E-state index contributed by atoms with van der Waals surface area (Å²) < 4.78 is 22.3. The van der Waals surface area contributed by atoms with Crippen LogP contribution in [0.1, 0.15) is 62.9 Å². The Labute approximate surface area is 222 Å². The number of fused-ring (bicyclic) bond motifs is 2. The van der Waals surface area contributed by atoms with Gasteiger partial charge in [-0.1, -0.05) is 42.9 Å². The van der Waals surface area contributed by atoms with E-state index in [0.717, 1.165) is 24.2 Å². The fraction of sp³-hybridized carbons (Fsp3) is 0.286. The van der Waals surface area contributed by atoms with Crippen LogP contribution in [0, 0.1) is 6.92 Å². The van der Waals surface area contributed by atoms with Gasteiger partial charge in [0.15, 0.2) is 22.1 Å². The molecular formula is C28H26N2O7S. The van der Waals surface area contributed by atoms with Crippen molar-refractivity contribution >= 4 is 39.3 Å². The Morgan fingerprint density at radius 3 is 2.66 bits per heavy atom. The number of amides is 1. The summed E-state index contributed by atoms with van der Waals surface area (Å²) in [7, 11) is 2.82. The summed E-state index contributed by atoms with van der Waals surface area (Å²) in [5, 5.41) is 0.609. The minimum Gasteiger partial charge on any atom is -0.493 e. The van der Waals surface area contributed by atoms with Crippen molar-refractivity contribution in [2.45, 2.75) is 32.7 Å². The van der Waals surface area contributed by atoms with Crippen molar-refractivity contribution in [3.63, 3.8) is 0 Å². The molecule has 0 saturated carbocycles. The summed E-state index contributed by atoms with van der Waals surface area (Å²) in [6.45, 7) is 4.28. The van der Waals surface area contributed by atoms with Gasteiger partial charge in [-0.3, -0.25) is 14.5 Å². The van der Waals surface area contributed by atoms with Gasteiger partial charge in [-0.05, 0) is 43.2 Å². The Balaban J connectivity index is 1.71. The third-order valence-corrected chi connectivity index (χ3v) is 7.54. The standard InChI is InChI=1S/C28H26N2O7S/c1-5-6-13-36-19-12-11-16(14-20(19)34-3)22-21-23(31)17-9-7-8-10-18(17)37-24(21)26(32)30(22)28-29-15(2)25(38-28)27(33)35-4/h7-12,14,22H,5-6,13H2,1-4H3/t22-/m1/s1. The van der Waals surface area contributed by atoms with Crippen molar-refractivity contribution in [1.82, 2.24) is 4.98 Å². The van der Waals surface area contributed by atoms with Crippen LogP contribution in [0.15, 0.2) is 51.7 Å². The van der Waals surface area contributed by atoms with E-state index in [-0.39, 0.29) is 26.8 Å². The van der Waals surface area contributed by atoms with Crippen LogP contribution in [0.3, 0.4) is 0 Å². The van der Waals surface area contributed by atoms with Gasteiger partial charge in [0, 0.05) is 0 Å². The van der Waals surface area contributed by atoms with Crippen LogP contribution in [-0.2, 0) is 4.74 Å². The summed E-state index contributed by atoms with van der Waals surface area (Å²) in [6.07, 6.45) is 1.88. The first-order valence-electron chi connectivity index (χ1n) is 12.1. The SMILES string of the molecule is CCCCOc1ccc([C@@H]2c3c(oc4ccccc4c3=O)C(=O)N2c2nc(C)c(C(=O)OC)s2)cc1OC. The molecule has 196 valence electrons. The van der Waals surface area contributed by atoms with E-state index < -0.39 is 17.9 Å². The average Bonchev–Trinajstić information content (AvgIpc) is 3.45. The maximum atomic E-state index is 13.8. The monoisotopic (exact) mass is 534 g/mol. The number of carbonyl (C=O) groups is 2. The second-order valence-corrected chi connectivity index (χ2v) is 9.74. The summed E-state index contributed by atoms with van der Waals surface area (Å²) in [6, 6.07) is 11.2. The van der Waals surface area contributed by atoms with Crippen molar-refractivity contribution in [3.8, 4) is 11.5 Å². The van der Waals surface area contributed by atoms with Crippen LogP contribution < -0.4 is 19.8 Å². The molecule has 5 rings (SSSR count). The van der Waals surface area contributed by atoms with E-state index in [9.17, 15) is 14.4 Å². The molecule has 1 aliphatic heterocycles. The fourth-order valence-electron chi connectivity index (χ4n) is 4.50. The quantitative estimate of drug-likeness (QED) is 0.222. The number of aromatic nitrogens is 1. The molecule has 0 aliphatic carbocycles. The van der Waals surface area contributed by atoms with Crippen molar-refractivity contribution in [3.05, 3.63) is 80.1 Å². The molecule has 4 aromatic rings. The Morgan fingerprint density at radius 2 is 1.92 bits per heavy atom. The number of thiazole rings is 1. The minimum absolute atomic E-state index is 0.0617. The highest BCUT2D eigenvalue weighted by molar-refractivity contribution is 7.17. The molecule has 10 heteroatoms. The van der Waals surface area contributed by atoms with E-state index in [4.69, 9.17) is 18.6 Å². The molecular weight excluding hydrogens is 508 g/mol. The Bertz CT molecular complexity index is 1610. The number of benzene rings is 2. The number of hydrogen-bond acceptors (Lipinski definition) is 9. The maximum absolute atomic E-state index is 13.8. The summed E-state index contributed by atoms with van der Waals surface area (Å²) in [5.74, 6) is -0.115. The predicted octanol–water partition coefficient (Wildman–Crippen LogP) is 5.28. The second-order valence-electron chi connectivity index (χ2n) is 8.76. The minimum atomic E-state index is -0.868. The van der Waals surface area contributed by atoms with E-state index in [1.54, 1.807) is 49.4 Å². The molecule has 0 unspecified atom stereocenters. The van der Waals surface area contributed by atoms with E-state index in [0.29, 0.717) is 40.3 Å². The summed E-state index contributed by atoms with van der Waals surface area (Å²) in [4.78, 5) is 46.1. The van der Waals surface area contributed by atoms with E-state index in [1.807, 2.05) is 0 Å². The van der Waals surface area contributed by atoms with Crippen LogP contribution >= 0.6 is 11.3 Å². The number of anilines is 1. The molecule has 2 aromatic carbocycles. The zero-order chi connectivity index (χ0) is 27.0. The first-order chi connectivity index (χ1) is 18.4. The highest BCUT2D eigenvalue weighted by atomic mass is 32.1. The molecule has 1 aliphatic rings. The molecule has 0 N–H and O–H groups in total. The van der Waals surface area contributed by atoms with Gasteiger partial charge in [0.05, 0.1) is 43.5 Å². The lowest BCUT2D eigenvalue weighted by Crippen LogP contribution is -2.29. The first kappa shape index (κ1) is 25.5. The number of ether oxygens (including phenoxy) is 3. The number of esters is 1. The predicted molar refractivity (Wildman–Crippen MR) is 143 cm³/mol. The average molecular weight is 535 g/mol. The van der Waals surface area contributed by atoms with Crippen LogP contribution in [0.5, 0.6) is 11.5 Å². The number of unbranched alkanes of at least 4 members (excludes halogenated alkanes) is 1. The van der Waals surface area contributed by atoms with Gasteiger partial charge in [0.1, 0.15) is 10.5 Å². The van der Waals surface area contributed by atoms with Gasteiger partial charge in [-0.25, -0.2) is 9.78 Å². The fourth-order valence-corrected chi connectivity index (χ4v) is 5.51. The van der Waals surface area contributed by atoms with Gasteiger partial charge < -0.3 is 18.6 Å².